The lowest BCUT2D eigenvalue weighted by Gasteiger charge is -2.20. The van der Waals surface area contributed by atoms with Crippen LogP contribution in [-0.4, -0.2) is 36.0 Å². The molecule has 0 spiro atoms. The van der Waals surface area contributed by atoms with Crippen molar-refractivity contribution in [3.63, 3.8) is 0 Å². The first-order valence-electron chi connectivity index (χ1n) is 6.76. The number of aliphatic carboxylic acids is 1. The second-order valence-electron chi connectivity index (χ2n) is 4.83. The maximum absolute atomic E-state index is 12.1. The van der Waals surface area contributed by atoms with Gasteiger partial charge in [-0.15, -0.1) is 0 Å². The first-order chi connectivity index (χ1) is 9.90. The number of carboxylic acids is 1. The van der Waals surface area contributed by atoms with E-state index in [9.17, 15) is 19.5 Å². The molecule has 0 unspecified atom stereocenters. The van der Waals surface area contributed by atoms with E-state index >= 15 is 0 Å². The average molecular weight is 292 g/mol. The second-order valence-corrected chi connectivity index (χ2v) is 4.83. The molecule has 0 heterocycles. The van der Waals surface area contributed by atoms with Crippen molar-refractivity contribution in [2.75, 3.05) is 7.05 Å². The van der Waals surface area contributed by atoms with Gasteiger partial charge in [-0.05, 0) is 24.1 Å². The third kappa shape index (κ3) is 4.30. The largest absolute Gasteiger partial charge is 0.480 e. The summed E-state index contributed by atoms with van der Waals surface area (Å²) < 4.78 is 0. The molecule has 0 fully saturated rings. The maximum atomic E-state index is 12.1. The molecule has 2 atom stereocenters. The number of carbonyl (C=O) groups excluding carboxylic acids is 2. The van der Waals surface area contributed by atoms with Crippen molar-refractivity contribution in [2.45, 2.75) is 26.3 Å². The van der Waals surface area contributed by atoms with Crippen molar-refractivity contribution in [1.29, 1.82) is 0 Å². The molecule has 114 valence electrons. The summed E-state index contributed by atoms with van der Waals surface area (Å²) in [6, 6.07) is 5.18. The molecule has 1 rings (SSSR count). The Morgan fingerprint density at radius 1 is 1.19 bits per heavy atom. The molecule has 21 heavy (non-hydrogen) atoms. The molecule has 0 saturated carbocycles. The van der Waals surface area contributed by atoms with Crippen LogP contribution in [0.5, 0.6) is 0 Å². The average Bonchev–Trinajstić information content (AvgIpc) is 2.50. The summed E-state index contributed by atoms with van der Waals surface area (Å²) in [5, 5.41) is 14.1. The lowest BCUT2D eigenvalue weighted by Crippen LogP contribution is -2.45. The quantitative estimate of drug-likeness (QED) is 0.736. The zero-order valence-electron chi connectivity index (χ0n) is 12.3. The fraction of sp³-hybridized carbons (Fsp3) is 0.400. The van der Waals surface area contributed by atoms with Crippen molar-refractivity contribution in [1.82, 2.24) is 10.6 Å². The van der Waals surface area contributed by atoms with E-state index in [-0.39, 0.29) is 17.4 Å². The lowest BCUT2D eigenvalue weighted by molar-refractivity contribution is -0.140. The Bertz CT molecular complexity index is 542. The van der Waals surface area contributed by atoms with Gasteiger partial charge in [0, 0.05) is 18.2 Å². The van der Waals surface area contributed by atoms with Gasteiger partial charge in [0.25, 0.3) is 11.8 Å². The van der Waals surface area contributed by atoms with Crippen molar-refractivity contribution in [3.05, 3.63) is 35.4 Å². The zero-order valence-corrected chi connectivity index (χ0v) is 12.3. The standard InChI is InChI=1S/C15H20N2O4/c1-4-9(2)12(15(20)21)17-14(19)11-7-5-6-10(8-11)13(18)16-3/h5-9,12H,4H2,1-3H3,(H,16,18)(H,17,19)(H,20,21)/t9-,12-/m0/s1. The molecule has 0 aromatic heterocycles. The first kappa shape index (κ1) is 16.7. The van der Waals surface area contributed by atoms with Gasteiger partial charge >= 0.3 is 5.97 Å². The molecule has 0 aliphatic carbocycles. The molecule has 1 aromatic carbocycles. The van der Waals surface area contributed by atoms with Gasteiger partial charge in [-0.1, -0.05) is 26.3 Å². The Labute approximate surface area is 123 Å². The summed E-state index contributed by atoms with van der Waals surface area (Å²) in [5.74, 6) is -2.07. The summed E-state index contributed by atoms with van der Waals surface area (Å²) in [7, 11) is 1.50. The highest BCUT2D eigenvalue weighted by Crippen LogP contribution is 2.10. The number of amides is 2. The molecule has 6 nitrogen and oxygen atoms in total. The molecule has 3 N–H and O–H groups in total. The van der Waals surface area contributed by atoms with E-state index in [1.807, 2.05) is 6.92 Å². The fourth-order valence-corrected chi connectivity index (χ4v) is 1.85. The highest BCUT2D eigenvalue weighted by molar-refractivity contribution is 6.00. The summed E-state index contributed by atoms with van der Waals surface area (Å²) >= 11 is 0. The minimum absolute atomic E-state index is 0.187. The number of benzene rings is 1. The predicted octanol–water partition coefficient (Wildman–Crippen LogP) is 1.28. The molecule has 2 amide bonds. The highest BCUT2D eigenvalue weighted by Gasteiger charge is 2.25. The maximum Gasteiger partial charge on any atom is 0.326 e. The molecular weight excluding hydrogens is 272 g/mol. The minimum Gasteiger partial charge on any atom is -0.480 e. The molecular formula is C15H20N2O4. The van der Waals surface area contributed by atoms with E-state index in [2.05, 4.69) is 10.6 Å². The lowest BCUT2D eigenvalue weighted by atomic mass is 9.98. The first-order valence-corrected chi connectivity index (χ1v) is 6.76. The van der Waals surface area contributed by atoms with E-state index in [4.69, 9.17) is 0 Å². The molecule has 0 aliphatic rings. The van der Waals surface area contributed by atoms with Crippen molar-refractivity contribution in [3.8, 4) is 0 Å². The van der Waals surface area contributed by atoms with Gasteiger partial charge in [-0.25, -0.2) is 4.79 Å². The van der Waals surface area contributed by atoms with E-state index < -0.39 is 17.9 Å². The van der Waals surface area contributed by atoms with Crippen LogP contribution in [0.15, 0.2) is 24.3 Å². The Morgan fingerprint density at radius 2 is 1.76 bits per heavy atom. The Hall–Kier alpha value is -2.37. The minimum atomic E-state index is -1.07. The molecule has 0 radical (unpaired) electrons. The van der Waals surface area contributed by atoms with Crippen LogP contribution in [0.1, 0.15) is 41.0 Å². The predicted molar refractivity (Wildman–Crippen MR) is 78.2 cm³/mol. The Balaban J connectivity index is 2.93. The van der Waals surface area contributed by atoms with Gasteiger partial charge in [-0.2, -0.15) is 0 Å². The topological polar surface area (TPSA) is 95.5 Å². The van der Waals surface area contributed by atoms with Crippen LogP contribution in [-0.2, 0) is 4.79 Å². The fourth-order valence-electron chi connectivity index (χ4n) is 1.85. The van der Waals surface area contributed by atoms with Gasteiger partial charge in [0.05, 0.1) is 0 Å². The highest BCUT2D eigenvalue weighted by atomic mass is 16.4. The van der Waals surface area contributed by atoms with Gasteiger partial charge in [0.2, 0.25) is 0 Å². The van der Waals surface area contributed by atoms with E-state index in [1.165, 1.54) is 19.2 Å². The van der Waals surface area contributed by atoms with Crippen LogP contribution < -0.4 is 10.6 Å². The second kappa shape index (κ2) is 7.42. The van der Waals surface area contributed by atoms with Crippen LogP contribution in [0.2, 0.25) is 0 Å². The van der Waals surface area contributed by atoms with Crippen molar-refractivity contribution in [2.24, 2.45) is 5.92 Å². The molecule has 0 aliphatic heterocycles. The zero-order chi connectivity index (χ0) is 16.0. The van der Waals surface area contributed by atoms with Gasteiger partial charge in [0.1, 0.15) is 6.04 Å². The molecule has 6 heteroatoms. The number of carbonyl (C=O) groups is 3. The van der Waals surface area contributed by atoms with Gasteiger partial charge in [-0.3, -0.25) is 9.59 Å². The number of rotatable bonds is 6. The van der Waals surface area contributed by atoms with Crippen molar-refractivity contribution >= 4 is 17.8 Å². The summed E-state index contributed by atoms with van der Waals surface area (Å²) in [6.45, 7) is 3.62. The van der Waals surface area contributed by atoms with Crippen LogP contribution in [0, 0.1) is 5.92 Å². The van der Waals surface area contributed by atoms with Crippen LogP contribution in [0.3, 0.4) is 0 Å². The third-order valence-electron chi connectivity index (χ3n) is 3.38. The van der Waals surface area contributed by atoms with Crippen LogP contribution in [0.25, 0.3) is 0 Å². The normalized spacial score (nSPS) is 13.1. The van der Waals surface area contributed by atoms with Crippen LogP contribution >= 0.6 is 0 Å². The number of carboxylic acid groups (broad SMARTS) is 1. The Kier molecular flexibility index (Phi) is 5.90. The number of nitrogens with one attached hydrogen (secondary N) is 2. The monoisotopic (exact) mass is 292 g/mol. The van der Waals surface area contributed by atoms with Gasteiger partial charge in [0.15, 0.2) is 0 Å². The Morgan fingerprint density at radius 3 is 2.24 bits per heavy atom. The number of hydrogen-bond acceptors (Lipinski definition) is 3. The SMILES string of the molecule is CC[C@H](C)[C@H](NC(=O)c1cccc(C(=O)NC)c1)C(=O)O. The molecule has 0 saturated heterocycles. The third-order valence-corrected chi connectivity index (χ3v) is 3.38. The molecule has 0 bridgehead atoms. The molecule has 1 aromatic rings. The smallest absolute Gasteiger partial charge is 0.326 e. The summed E-state index contributed by atoms with van der Waals surface area (Å²) in [5.41, 5.74) is 0.603. The van der Waals surface area contributed by atoms with Crippen molar-refractivity contribution < 1.29 is 19.5 Å². The van der Waals surface area contributed by atoms with E-state index in [0.717, 1.165) is 0 Å². The van der Waals surface area contributed by atoms with E-state index in [1.54, 1.807) is 19.1 Å². The van der Waals surface area contributed by atoms with Crippen LogP contribution in [0.4, 0.5) is 0 Å². The van der Waals surface area contributed by atoms with Gasteiger partial charge < -0.3 is 15.7 Å². The number of hydrogen-bond donors (Lipinski definition) is 3. The van der Waals surface area contributed by atoms with E-state index in [0.29, 0.717) is 12.0 Å². The summed E-state index contributed by atoms with van der Waals surface area (Å²) in [4.78, 5) is 34.9. The summed E-state index contributed by atoms with van der Waals surface area (Å²) in [6.07, 6.45) is 0.634.